The molecule has 24 heavy (non-hydrogen) atoms. The maximum atomic E-state index is 12.5. The van der Waals surface area contributed by atoms with E-state index in [4.69, 9.17) is 16.0 Å². The molecule has 0 atom stereocenters. The average molecular weight is 368 g/mol. The molecule has 2 aromatic rings. The molecule has 128 valence electrons. The number of piperidine rings is 1. The Hall–Kier alpha value is -1.79. The van der Waals surface area contributed by atoms with E-state index < -0.39 is 15.1 Å². The van der Waals surface area contributed by atoms with Crippen LogP contribution in [0.25, 0.3) is 0 Å². The Bertz CT molecular complexity index is 809. The second-order valence-electron chi connectivity index (χ2n) is 5.86. The van der Waals surface area contributed by atoms with E-state index in [1.807, 2.05) is 0 Å². The topological polar surface area (TPSA) is 67.6 Å². The third-order valence-corrected chi connectivity index (χ3v) is 6.77. The molecule has 0 aliphatic carbocycles. The number of benzene rings is 1. The molecule has 1 aromatic carbocycles. The van der Waals surface area contributed by atoms with E-state index >= 15 is 0 Å². The molecule has 7 heteroatoms. The number of nitrogens with zero attached hydrogens (tertiary/aromatic N) is 1. The zero-order valence-corrected chi connectivity index (χ0v) is 14.6. The normalized spacial score (nSPS) is 16.3. The van der Waals surface area contributed by atoms with Crippen molar-refractivity contribution in [2.45, 2.75) is 23.8 Å². The summed E-state index contributed by atoms with van der Waals surface area (Å²) in [6, 6.07) is 10.2. The van der Waals surface area contributed by atoms with Gasteiger partial charge in [-0.3, -0.25) is 4.79 Å². The van der Waals surface area contributed by atoms with Gasteiger partial charge in [0.2, 0.25) is 0 Å². The van der Waals surface area contributed by atoms with Crippen LogP contribution in [-0.4, -0.2) is 37.6 Å². The lowest BCUT2D eigenvalue weighted by Crippen LogP contribution is -2.42. The van der Waals surface area contributed by atoms with Gasteiger partial charge >= 0.3 is 0 Å². The minimum absolute atomic E-state index is 0.0941. The molecular formula is C17H18ClNO4S. The highest BCUT2D eigenvalue weighted by atomic mass is 35.5. The van der Waals surface area contributed by atoms with Crippen LogP contribution in [0.3, 0.4) is 0 Å². The SMILES string of the molecule is O=C(c1ccccc1Cl)N1CCC(S(=O)(=O)Cc2ccco2)CC1. The summed E-state index contributed by atoms with van der Waals surface area (Å²) >= 11 is 6.07. The first kappa shape index (κ1) is 17.0. The van der Waals surface area contributed by atoms with Crippen LogP contribution < -0.4 is 0 Å². The van der Waals surface area contributed by atoms with Crippen molar-refractivity contribution in [1.82, 2.24) is 4.90 Å². The minimum Gasteiger partial charge on any atom is -0.468 e. The van der Waals surface area contributed by atoms with Crippen molar-refractivity contribution in [1.29, 1.82) is 0 Å². The van der Waals surface area contributed by atoms with Crippen molar-refractivity contribution in [3.8, 4) is 0 Å². The van der Waals surface area contributed by atoms with Gasteiger partial charge in [-0.2, -0.15) is 0 Å². The molecule has 0 radical (unpaired) electrons. The van der Waals surface area contributed by atoms with Crippen molar-refractivity contribution in [2.75, 3.05) is 13.1 Å². The van der Waals surface area contributed by atoms with Crippen LogP contribution in [0.15, 0.2) is 47.1 Å². The van der Waals surface area contributed by atoms with Gasteiger partial charge in [-0.1, -0.05) is 23.7 Å². The number of halogens is 1. The fourth-order valence-electron chi connectivity index (χ4n) is 2.93. The van der Waals surface area contributed by atoms with E-state index in [1.165, 1.54) is 6.26 Å². The zero-order valence-electron chi connectivity index (χ0n) is 13.0. The van der Waals surface area contributed by atoms with E-state index in [-0.39, 0.29) is 11.7 Å². The number of amides is 1. The third-order valence-electron chi connectivity index (χ3n) is 4.26. The quantitative estimate of drug-likeness (QED) is 0.832. The van der Waals surface area contributed by atoms with Crippen LogP contribution in [0.4, 0.5) is 0 Å². The average Bonchev–Trinajstić information content (AvgIpc) is 3.07. The van der Waals surface area contributed by atoms with Crippen LogP contribution in [-0.2, 0) is 15.6 Å². The Labute approximate surface area is 146 Å². The van der Waals surface area contributed by atoms with Gasteiger partial charge in [-0.05, 0) is 37.1 Å². The molecule has 1 aliphatic heterocycles. The van der Waals surface area contributed by atoms with Gasteiger partial charge in [-0.25, -0.2) is 8.42 Å². The minimum atomic E-state index is -3.29. The molecule has 0 unspecified atom stereocenters. The summed E-state index contributed by atoms with van der Waals surface area (Å²) in [5.41, 5.74) is 0.455. The number of likely N-dealkylation sites (tertiary alicyclic amines) is 1. The lowest BCUT2D eigenvalue weighted by Gasteiger charge is -2.31. The number of hydrogen-bond acceptors (Lipinski definition) is 4. The van der Waals surface area contributed by atoms with E-state index in [0.29, 0.717) is 42.3 Å². The standard InChI is InChI=1S/C17H18ClNO4S/c18-16-6-2-1-5-15(16)17(20)19-9-7-14(8-10-19)24(21,22)12-13-4-3-11-23-13/h1-6,11,14H,7-10,12H2. The smallest absolute Gasteiger partial charge is 0.255 e. The fraction of sp³-hybridized carbons (Fsp3) is 0.353. The third kappa shape index (κ3) is 3.65. The van der Waals surface area contributed by atoms with Crippen LogP contribution in [0.1, 0.15) is 29.0 Å². The van der Waals surface area contributed by atoms with Crippen molar-refractivity contribution in [3.05, 3.63) is 59.0 Å². The number of furan rings is 1. The molecular weight excluding hydrogens is 350 g/mol. The van der Waals surface area contributed by atoms with Crippen LogP contribution in [0, 0.1) is 0 Å². The highest BCUT2D eigenvalue weighted by molar-refractivity contribution is 7.91. The number of rotatable bonds is 4. The molecule has 1 amide bonds. The van der Waals surface area contributed by atoms with Crippen molar-refractivity contribution >= 4 is 27.3 Å². The molecule has 1 aliphatic rings. The number of hydrogen-bond donors (Lipinski definition) is 0. The molecule has 0 saturated carbocycles. The van der Waals surface area contributed by atoms with E-state index in [9.17, 15) is 13.2 Å². The predicted octanol–water partition coefficient (Wildman–Crippen LogP) is 3.15. The summed E-state index contributed by atoms with van der Waals surface area (Å²) < 4.78 is 30.1. The highest BCUT2D eigenvalue weighted by Crippen LogP contribution is 2.24. The molecule has 5 nitrogen and oxygen atoms in total. The first-order valence-corrected chi connectivity index (χ1v) is 9.84. The van der Waals surface area contributed by atoms with Gasteiger partial charge in [0.05, 0.1) is 22.1 Å². The Kier molecular flexibility index (Phi) is 4.96. The first-order chi connectivity index (χ1) is 11.5. The summed E-state index contributed by atoms with van der Waals surface area (Å²) in [6.45, 7) is 0.818. The molecule has 1 aromatic heterocycles. The Balaban J connectivity index is 1.63. The van der Waals surface area contributed by atoms with Gasteiger partial charge < -0.3 is 9.32 Å². The van der Waals surface area contributed by atoms with Crippen molar-refractivity contribution < 1.29 is 17.6 Å². The Morgan fingerprint density at radius 2 is 1.88 bits per heavy atom. The van der Waals surface area contributed by atoms with Gasteiger partial charge in [0, 0.05) is 13.1 Å². The molecule has 2 heterocycles. The Morgan fingerprint density at radius 1 is 1.17 bits per heavy atom. The fourth-order valence-corrected chi connectivity index (χ4v) is 4.88. The number of sulfone groups is 1. The molecule has 0 N–H and O–H groups in total. The van der Waals surface area contributed by atoms with Crippen molar-refractivity contribution in [2.24, 2.45) is 0 Å². The van der Waals surface area contributed by atoms with Gasteiger partial charge in [-0.15, -0.1) is 0 Å². The van der Waals surface area contributed by atoms with E-state index in [0.717, 1.165) is 0 Å². The maximum Gasteiger partial charge on any atom is 0.255 e. The molecule has 1 saturated heterocycles. The second-order valence-corrected chi connectivity index (χ2v) is 8.55. The summed E-state index contributed by atoms with van der Waals surface area (Å²) in [5, 5.41) is -0.0343. The summed E-state index contributed by atoms with van der Waals surface area (Å²) in [5.74, 6) is 0.204. The van der Waals surface area contributed by atoms with Gasteiger partial charge in [0.1, 0.15) is 11.5 Å². The molecule has 0 bridgehead atoms. The van der Waals surface area contributed by atoms with Gasteiger partial charge in [0.15, 0.2) is 9.84 Å². The molecule has 3 rings (SSSR count). The summed E-state index contributed by atoms with van der Waals surface area (Å²) in [6.07, 6.45) is 2.33. The van der Waals surface area contributed by atoms with Gasteiger partial charge in [0.25, 0.3) is 5.91 Å². The monoisotopic (exact) mass is 367 g/mol. The predicted molar refractivity (Wildman–Crippen MR) is 91.7 cm³/mol. The van der Waals surface area contributed by atoms with Crippen molar-refractivity contribution in [3.63, 3.8) is 0 Å². The van der Waals surface area contributed by atoms with E-state index in [1.54, 1.807) is 41.3 Å². The summed E-state index contributed by atoms with van der Waals surface area (Å²) in [4.78, 5) is 14.2. The van der Waals surface area contributed by atoms with Crippen LogP contribution >= 0.6 is 11.6 Å². The summed E-state index contributed by atoms with van der Waals surface area (Å²) in [7, 11) is -3.29. The van der Waals surface area contributed by atoms with E-state index in [2.05, 4.69) is 0 Å². The highest BCUT2D eigenvalue weighted by Gasteiger charge is 2.32. The maximum absolute atomic E-state index is 12.5. The van der Waals surface area contributed by atoms with Crippen LogP contribution in [0.5, 0.6) is 0 Å². The molecule has 1 fully saturated rings. The van der Waals surface area contributed by atoms with Crippen LogP contribution in [0.2, 0.25) is 5.02 Å². The Morgan fingerprint density at radius 3 is 2.50 bits per heavy atom. The first-order valence-electron chi connectivity index (χ1n) is 7.75. The zero-order chi connectivity index (χ0) is 17.2. The molecule has 0 spiro atoms. The largest absolute Gasteiger partial charge is 0.468 e. The lowest BCUT2D eigenvalue weighted by atomic mass is 10.1. The second kappa shape index (κ2) is 6.99. The number of carbonyl (C=O) groups excluding carboxylic acids is 1. The lowest BCUT2D eigenvalue weighted by molar-refractivity contribution is 0.0725. The number of carbonyl (C=O) groups is 1.